The fourth-order valence-electron chi connectivity index (χ4n) is 2.17. The molecule has 4 nitrogen and oxygen atoms in total. The van der Waals surface area contributed by atoms with Gasteiger partial charge in [-0.2, -0.15) is 0 Å². The van der Waals surface area contributed by atoms with Gasteiger partial charge < -0.3 is 14.8 Å². The monoisotopic (exact) mass is 411 g/mol. The molecular weight excluding hydrogens is 393 g/mol. The fourth-order valence-corrected chi connectivity index (χ4v) is 2.71. The Morgan fingerprint density at radius 1 is 1.14 bits per heavy atom. The van der Waals surface area contributed by atoms with Crippen LogP contribution in [0, 0.1) is 3.57 Å². The van der Waals surface area contributed by atoms with Gasteiger partial charge in [-0.15, -0.1) is 0 Å². The molecule has 0 heterocycles. The van der Waals surface area contributed by atoms with E-state index in [9.17, 15) is 4.79 Å². The number of halogens is 1. The lowest BCUT2D eigenvalue weighted by molar-refractivity contribution is 0.0939. The first-order valence-electron chi connectivity index (χ1n) is 6.83. The number of hydrogen-bond acceptors (Lipinski definition) is 3. The molecule has 0 aliphatic carbocycles. The molecule has 116 valence electrons. The minimum Gasteiger partial charge on any atom is -0.497 e. The molecule has 0 fully saturated rings. The maximum Gasteiger partial charge on any atom is 0.251 e. The van der Waals surface area contributed by atoms with Crippen LogP contribution in [0.1, 0.15) is 28.9 Å². The summed E-state index contributed by atoms with van der Waals surface area (Å²) in [5.41, 5.74) is 1.52. The number of methoxy groups -OCH3 is 2. The molecular formula is C17H18INO3. The van der Waals surface area contributed by atoms with Crippen molar-refractivity contribution in [2.24, 2.45) is 0 Å². The second-order valence-corrected chi connectivity index (χ2v) is 6.06. The van der Waals surface area contributed by atoms with Gasteiger partial charge in [0.25, 0.3) is 5.91 Å². The molecule has 0 radical (unpaired) electrons. The Balaban J connectivity index is 2.21. The van der Waals surface area contributed by atoms with Crippen molar-refractivity contribution >= 4 is 28.5 Å². The summed E-state index contributed by atoms with van der Waals surface area (Å²) in [5, 5.41) is 2.99. The summed E-state index contributed by atoms with van der Waals surface area (Å²) in [5.74, 6) is 1.33. The molecule has 0 spiro atoms. The Labute approximate surface area is 144 Å². The van der Waals surface area contributed by atoms with E-state index < -0.39 is 0 Å². The summed E-state index contributed by atoms with van der Waals surface area (Å²) in [7, 11) is 3.22. The Kier molecular flexibility index (Phi) is 5.65. The third kappa shape index (κ3) is 3.91. The maximum atomic E-state index is 12.3. The lowest BCUT2D eigenvalue weighted by Gasteiger charge is -2.18. The zero-order chi connectivity index (χ0) is 16.1. The lowest BCUT2D eigenvalue weighted by atomic mass is 10.1. The minimum absolute atomic E-state index is 0.115. The zero-order valence-corrected chi connectivity index (χ0v) is 14.9. The van der Waals surface area contributed by atoms with Crippen LogP contribution >= 0.6 is 22.6 Å². The van der Waals surface area contributed by atoms with Crippen LogP contribution < -0.4 is 14.8 Å². The molecule has 1 amide bonds. The summed E-state index contributed by atoms with van der Waals surface area (Å²) >= 11 is 2.19. The van der Waals surface area contributed by atoms with Gasteiger partial charge in [-0.1, -0.05) is 6.07 Å². The van der Waals surface area contributed by atoms with Crippen molar-refractivity contribution in [3.05, 3.63) is 57.2 Å². The van der Waals surface area contributed by atoms with Crippen LogP contribution in [0.4, 0.5) is 0 Å². The van der Waals surface area contributed by atoms with Gasteiger partial charge in [0.15, 0.2) is 0 Å². The fraction of sp³-hybridized carbons (Fsp3) is 0.235. The number of carbonyl (C=O) groups is 1. The molecule has 2 rings (SSSR count). The van der Waals surface area contributed by atoms with E-state index in [0.717, 1.165) is 20.6 Å². The van der Waals surface area contributed by atoms with E-state index in [2.05, 4.69) is 27.9 Å². The van der Waals surface area contributed by atoms with Crippen LogP contribution in [0.3, 0.4) is 0 Å². The van der Waals surface area contributed by atoms with E-state index in [1.807, 2.05) is 43.3 Å². The van der Waals surface area contributed by atoms with Gasteiger partial charge in [-0.05, 0) is 65.9 Å². The predicted molar refractivity (Wildman–Crippen MR) is 94.6 cm³/mol. The van der Waals surface area contributed by atoms with E-state index in [4.69, 9.17) is 9.47 Å². The largest absolute Gasteiger partial charge is 0.497 e. The molecule has 1 atom stereocenters. The van der Waals surface area contributed by atoms with Crippen LogP contribution in [0.2, 0.25) is 0 Å². The average molecular weight is 411 g/mol. The van der Waals surface area contributed by atoms with Gasteiger partial charge in [-0.3, -0.25) is 4.79 Å². The lowest BCUT2D eigenvalue weighted by Crippen LogP contribution is -2.27. The van der Waals surface area contributed by atoms with Gasteiger partial charge in [0, 0.05) is 14.7 Å². The van der Waals surface area contributed by atoms with Crippen LogP contribution in [-0.2, 0) is 0 Å². The van der Waals surface area contributed by atoms with Crippen LogP contribution in [0.15, 0.2) is 42.5 Å². The van der Waals surface area contributed by atoms with Gasteiger partial charge >= 0.3 is 0 Å². The van der Waals surface area contributed by atoms with Gasteiger partial charge in [0.05, 0.1) is 20.3 Å². The maximum absolute atomic E-state index is 12.3. The normalized spacial score (nSPS) is 11.6. The molecule has 5 heteroatoms. The molecule has 1 N–H and O–H groups in total. The first-order chi connectivity index (χ1) is 10.5. The van der Waals surface area contributed by atoms with Crippen LogP contribution in [0.5, 0.6) is 11.5 Å². The quantitative estimate of drug-likeness (QED) is 0.762. The summed E-state index contributed by atoms with van der Waals surface area (Å²) in [4.78, 5) is 12.3. The molecule has 1 unspecified atom stereocenters. The highest BCUT2D eigenvalue weighted by atomic mass is 127. The third-order valence-corrected chi connectivity index (χ3v) is 4.01. The van der Waals surface area contributed by atoms with Crippen molar-refractivity contribution in [2.45, 2.75) is 13.0 Å². The van der Waals surface area contributed by atoms with Gasteiger partial charge in [-0.25, -0.2) is 0 Å². The Bertz CT molecular complexity index is 673. The summed E-state index contributed by atoms with van der Waals surface area (Å²) in [6, 6.07) is 12.8. The van der Waals surface area contributed by atoms with Crippen molar-refractivity contribution in [1.29, 1.82) is 0 Å². The van der Waals surface area contributed by atoms with Crippen LogP contribution in [0.25, 0.3) is 0 Å². The standard InChI is InChI=1S/C17H18INO3/c1-11(15-10-14(21-2)7-8-16(15)22-3)19-17(20)12-5-4-6-13(18)9-12/h4-11H,1-3H3,(H,19,20). The number of rotatable bonds is 5. The number of carbonyl (C=O) groups excluding carboxylic acids is 1. The number of ether oxygens (including phenoxy) is 2. The van der Waals surface area contributed by atoms with Crippen molar-refractivity contribution in [3.63, 3.8) is 0 Å². The third-order valence-electron chi connectivity index (χ3n) is 3.34. The number of benzene rings is 2. The molecule has 0 aromatic heterocycles. The highest BCUT2D eigenvalue weighted by Crippen LogP contribution is 2.29. The predicted octanol–water partition coefficient (Wildman–Crippen LogP) is 3.80. The highest BCUT2D eigenvalue weighted by molar-refractivity contribution is 14.1. The second kappa shape index (κ2) is 7.49. The zero-order valence-electron chi connectivity index (χ0n) is 12.7. The highest BCUT2D eigenvalue weighted by Gasteiger charge is 2.16. The molecule has 2 aromatic carbocycles. The molecule has 22 heavy (non-hydrogen) atoms. The summed E-state index contributed by atoms with van der Waals surface area (Å²) in [6.07, 6.45) is 0. The number of amides is 1. The Hall–Kier alpha value is -1.76. The van der Waals surface area contributed by atoms with Gasteiger partial charge in [0.2, 0.25) is 0 Å². The van der Waals surface area contributed by atoms with Crippen LogP contribution in [-0.4, -0.2) is 20.1 Å². The van der Waals surface area contributed by atoms with Crippen molar-refractivity contribution in [3.8, 4) is 11.5 Å². The Morgan fingerprint density at radius 2 is 1.91 bits per heavy atom. The summed E-state index contributed by atoms with van der Waals surface area (Å²) < 4.78 is 11.6. The molecule has 0 aliphatic rings. The van der Waals surface area contributed by atoms with E-state index in [1.54, 1.807) is 20.3 Å². The van der Waals surface area contributed by atoms with Crippen molar-refractivity contribution < 1.29 is 14.3 Å². The molecule has 0 bridgehead atoms. The minimum atomic E-state index is -0.199. The van der Waals surface area contributed by atoms with E-state index in [1.165, 1.54) is 0 Å². The second-order valence-electron chi connectivity index (χ2n) is 4.81. The first-order valence-corrected chi connectivity index (χ1v) is 7.91. The molecule has 0 saturated carbocycles. The van der Waals surface area contributed by atoms with Crippen molar-refractivity contribution in [1.82, 2.24) is 5.32 Å². The van der Waals surface area contributed by atoms with E-state index in [0.29, 0.717) is 5.56 Å². The van der Waals surface area contributed by atoms with E-state index in [-0.39, 0.29) is 11.9 Å². The molecule has 2 aromatic rings. The average Bonchev–Trinajstić information content (AvgIpc) is 2.54. The SMILES string of the molecule is COc1ccc(OC)c(C(C)NC(=O)c2cccc(I)c2)c1. The number of hydrogen-bond donors (Lipinski definition) is 1. The van der Waals surface area contributed by atoms with E-state index >= 15 is 0 Å². The smallest absolute Gasteiger partial charge is 0.251 e. The molecule has 0 saturated heterocycles. The summed E-state index contributed by atoms with van der Waals surface area (Å²) in [6.45, 7) is 1.92. The number of nitrogens with one attached hydrogen (secondary N) is 1. The first kappa shape index (κ1) is 16.6. The van der Waals surface area contributed by atoms with Gasteiger partial charge in [0.1, 0.15) is 11.5 Å². The molecule has 0 aliphatic heterocycles. The Morgan fingerprint density at radius 3 is 2.55 bits per heavy atom. The topological polar surface area (TPSA) is 47.6 Å². The van der Waals surface area contributed by atoms with Crippen molar-refractivity contribution in [2.75, 3.05) is 14.2 Å².